The zero-order chi connectivity index (χ0) is 7.56. The third kappa shape index (κ3) is 1.84. The molecule has 0 spiro atoms. The van der Waals surface area contributed by atoms with Gasteiger partial charge in [-0.3, -0.25) is 0 Å². The summed E-state index contributed by atoms with van der Waals surface area (Å²) in [6, 6.07) is 0. The van der Waals surface area contributed by atoms with Gasteiger partial charge in [0.05, 0.1) is 13.2 Å². The summed E-state index contributed by atoms with van der Waals surface area (Å²) in [6.45, 7) is 1.95. The molecule has 0 radical (unpaired) electrons. The molecule has 0 aliphatic carbocycles. The summed E-state index contributed by atoms with van der Waals surface area (Å²) in [4.78, 5) is 10.5. The van der Waals surface area contributed by atoms with Gasteiger partial charge in [-0.25, -0.2) is 4.79 Å². The van der Waals surface area contributed by atoms with Crippen molar-refractivity contribution in [1.29, 1.82) is 0 Å². The third-order valence-corrected chi connectivity index (χ3v) is 1.38. The van der Waals surface area contributed by atoms with Crippen LogP contribution in [-0.2, 0) is 14.3 Å². The fraction of sp³-hybridized carbons (Fsp3) is 0.571. The molecule has 0 bridgehead atoms. The topological polar surface area (TPSA) is 38.8 Å². The predicted molar refractivity (Wildman–Crippen MR) is 35.5 cm³/mol. The van der Waals surface area contributed by atoms with Gasteiger partial charge in [0.15, 0.2) is 0 Å². The lowest BCUT2D eigenvalue weighted by molar-refractivity contribution is -0.134. The number of epoxide rings is 1. The molecule has 1 aliphatic heterocycles. The maximum atomic E-state index is 10.5. The van der Waals surface area contributed by atoms with E-state index in [2.05, 4.69) is 4.74 Å². The fourth-order valence-corrected chi connectivity index (χ4v) is 0.646. The molecule has 0 aromatic heterocycles. The summed E-state index contributed by atoms with van der Waals surface area (Å²) in [7, 11) is 1.35. The van der Waals surface area contributed by atoms with Crippen LogP contribution in [0.5, 0.6) is 0 Å². The molecule has 1 rings (SSSR count). The fourth-order valence-electron chi connectivity index (χ4n) is 0.646. The largest absolute Gasteiger partial charge is 0.466 e. The molecular weight excluding hydrogens is 132 g/mol. The Balaban J connectivity index is 2.23. The van der Waals surface area contributed by atoms with Crippen LogP contribution in [0.4, 0.5) is 0 Å². The molecule has 2 unspecified atom stereocenters. The van der Waals surface area contributed by atoms with Crippen LogP contribution in [0, 0.1) is 0 Å². The zero-order valence-electron chi connectivity index (χ0n) is 6.03. The first-order chi connectivity index (χ1) is 4.74. The van der Waals surface area contributed by atoms with Gasteiger partial charge >= 0.3 is 5.97 Å². The van der Waals surface area contributed by atoms with Crippen molar-refractivity contribution < 1.29 is 14.3 Å². The van der Waals surface area contributed by atoms with Crippen LogP contribution >= 0.6 is 0 Å². The Bertz CT molecular complexity index is 162. The number of hydrogen-bond acceptors (Lipinski definition) is 3. The van der Waals surface area contributed by atoms with Crippen LogP contribution in [0.3, 0.4) is 0 Å². The van der Waals surface area contributed by atoms with Gasteiger partial charge in [-0.2, -0.15) is 0 Å². The minimum Gasteiger partial charge on any atom is -0.466 e. The second-order valence-corrected chi connectivity index (χ2v) is 2.19. The molecule has 0 aromatic rings. The first-order valence-corrected chi connectivity index (χ1v) is 3.15. The van der Waals surface area contributed by atoms with Gasteiger partial charge in [0.1, 0.15) is 6.10 Å². The highest BCUT2D eigenvalue weighted by Crippen LogP contribution is 2.21. The molecule has 10 heavy (non-hydrogen) atoms. The first-order valence-electron chi connectivity index (χ1n) is 3.15. The minimum atomic E-state index is -0.331. The highest BCUT2D eigenvalue weighted by molar-refractivity contribution is 5.81. The maximum Gasteiger partial charge on any atom is 0.330 e. The van der Waals surface area contributed by atoms with Crippen molar-refractivity contribution in [3.8, 4) is 0 Å². The highest BCUT2D eigenvalue weighted by atomic mass is 16.6. The molecule has 1 saturated heterocycles. The number of methoxy groups -OCH3 is 1. The van der Waals surface area contributed by atoms with Gasteiger partial charge in [-0.1, -0.05) is 0 Å². The van der Waals surface area contributed by atoms with Gasteiger partial charge in [0, 0.05) is 6.08 Å². The maximum absolute atomic E-state index is 10.5. The lowest BCUT2D eigenvalue weighted by Crippen LogP contribution is -1.95. The van der Waals surface area contributed by atoms with Crippen molar-refractivity contribution in [1.82, 2.24) is 0 Å². The van der Waals surface area contributed by atoms with E-state index in [1.54, 1.807) is 6.08 Å². The molecule has 0 saturated carbocycles. The first kappa shape index (κ1) is 7.28. The van der Waals surface area contributed by atoms with E-state index < -0.39 is 0 Å². The number of carbonyl (C=O) groups is 1. The average molecular weight is 142 g/mol. The molecular formula is C7H10O3. The number of rotatable bonds is 2. The lowest BCUT2D eigenvalue weighted by Gasteiger charge is -1.86. The van der Waals surface area contributed by atoms with E-state index in [-0.39, 0.29) is 18.2 Å². The van der Waals surface area contributed by atoms with Crippen LogP contribution in [0.2, 0.25) is 0 Å². The molecule has 2 atom stereocenters. The summed E-state index contributed by atoms with van der Waals surface area (Å²) < 4.78 is 9.40. The SMILES string of the molecule is COC(=O)C=CC1OC1C. The Morgan fingerprint density at radius 3 is 2.70 bits per heavy atom. The van der Waals surface area contributed by atoms with Crippen LogP contribution in [0.15, 0.2) is 12.2 Å². The monoisotopic (exact) mass is 142 g/mol. The molecule has 3 heteroatoms. The molecule has 1 fully saturated rings. The van der Waals surface area contributed by atoms with E-state index >= 15 is 0 Å². The summed E-state index contributed by atoms with van der Waals surface area (Å²) in [5, 5.41) is 0. The smallest absolute Gasteiger partial charge is 0.330 e. The van der Waals surface area contributed by atoms with E-state index in [1.165, 1.54) is 13.2 Å². The molecule has 1 aliphatic rings. The van der Waals surface area contributed by atoms with Gasteiger partial charge in [-0.15, -0.1) is 0 Å². The summed E-state index contributed by atoms with van der Waals surface area (Å²) in [5.41, 5.74) is 0. The van der Waals surface area contributed by atoms with E-state index in [9.17, 15) is 4.79 Å². The standard InChI is InChI=1S/C7H10O3/c1-5-6(10-5)3-4-7(8)9-2/h3-6H,1-2H3. The zero-order valence-corrected chi connectivity index (χ0v) is 6.03. The van der Waals surface area contributed by atoms with Crippen molar-refractivity contribution in [3.63, 3.8) is 0 Å². The Hall–Kier alpha value is -0.830. The molecule has 1 heterocycles. The third-order valence-electron chi connectivity index (χ3n) is 1.38. The second-order valence-electron chi connectivity index (χ2n) is 2.19. The van der Waals surface area contributed by atoms with Crippen molar-refractivity contribution in [2.24, 2.45) is 0 Å². The van der Waals surface area contributed by atoms with Gasteiger partial charge in [0.25, 0.3) is 0 Å². The van der Waals surface area contributed by atoms with Gasteiger partial charge < -0.3 is 9.47 Å². The van der Waals surface area contributed by atoms with E-state index in [4.69, 9.17) is 4.74 Å². The summed E-state index contributed by atoms with van der Waals surface area (Å²) >= 11 is 0. The number of ether oxygens (including phenoxy) is 2. The highest BCUT2D eigenvalue weighted by Gasteiger charge is 2.31. The van der Waals surface area contributed by atoms with Crippen LogP contribution < -0.4 is 0 Å². The van der Waals surface area contributed by atoms with E-state index in [0.29, 0.717) is 0 Å². The molecule has 0 amide bonds. The number of hydrogen-bond donors (Lipinski definition) is 0. The lowest BCUT2D eigenvalue weighted by atomic mass is 10.3. The summed E-state index contributed by atoms with van der Waals surface area (Å²) in [5.74, 6) is -0.331. The Morgan fingerprint density at radius 2 is 2.30 bits per heavy atom. The Morgan fingerprint density at radius 1 is 1.70 bits per heavy atom. The van der Waals surface area contributed by atoms with Crippen molar-refractivity contribution in [3.05, 3.63) is 12.2 Å². The number of carbonyl (C=O) groups excluding carboxylic acids is 1. The van der Waals surface area contributed by atoms with Crippen molar-refractivity contribution in [2.45, 2.75) is 19.1 Å². The molecule has 0 aromatic carbocycles. The minimum absolute atomic E-state index is 0.124. The van der Waals surface area contributed by atoms with Crippen LogP contribution in [-0.4, -0.2) is 25.3 Å². The predicted octanol–water partition coefficient (Wildman–Crippen LogP) is 0.503. The van der Waals surface area contributed by atoms with Crippen LogP contribution in [0.1, 0.15) is 6.92 Å². The van der Waals surface area contributed by atoms with Gasteiger partial charge in [0.2, 0.25) is 0 Å². The molecule has 3 nitrogen and oxygen atoms in total. The molecule has 56 valence electrons. The van der Waals surface area contributed by atoms with E-state index in [1.807, 2.05) is 6.92 Å². The second kappa shape index (κ2) is 2.84. The molecule has 0 N–H and O–H groups in total. The van der Waals surface area contributed by atoms with Gasteiger partial charge in [-0.05, 0) is 13.0 Å². The van der Waals surface area contributed by atoms with Crippen molar-refractivity contribution in [2.75, 3.05) is 7.11 Å². The Kier molecular flexibility index (Phi) is 2.06. The van der Waals surface area contributed by atoms with E-state index in [0.717, 1.165) is 0 Å². The summed E-state index contributed by atoms with van der Waals surface area (Å²) in [6.07, 6.45) is 3.48. The van der Waals surface area contributed by atoms with Crippen LogP contribution in [0.25, 0.3) is 0 Å². The Labute approximate surface area is 59.6 Å². The normalized spacial score (nSPS) is 30.6. The number of esters is 1. The van der Waals surface area contributed by atoms with Crippen molar-refractivity contribution >= 4 is 5.97 Å². The average Bonchev–Trinajstić information content (AvgIpc) is 2.61. The quantitative estimate of drug-likeness (QED) is 0.320.